The van der Waals surface area contributed by atoms with Gasteiger partial charge in [0.25, 0.3) is 5.69 Å². The number of sulfonamides is 1. The number of non-ortho nitro benzene ring substituents is 1. The number of nitro benzene ring substituents is 1. The summed E-state index contributed by atoms with van der Waals surface area (Å²) in [5.41, 5.74) is 0.492. The van der Waals surface area contributed by atoms with E-state index in [1.54, 1.807) is 32.2 Å². The largest absolute Gasteiger partial charge is 0.497 e. The molecule has 186 valence electrons. The Morgan fingerprint density at radius 3 is 2.29 bits per heavy atom. The number of nitro groups is 1. The minimum atomic E-state index is -3.81. The van der Waals surface area contributed by atoms with Gasteiger partial charge in [-0.15, -0.1) is 0 Å². The molecule has 0 saturated heterocycles. The molecular formula is C22H29N3O8S. The van der Waals surface area contributed by atoms with Crippen LogP contribution in [0.15, 0.2) is 36.4 Å². The molecule has 0 aromatic heterocycles. The maximum atomic E-state index is 12.5. The number of hydrogen-bond donors (Lipinski definition) is 1. The highest BCUT2D eigenvalue weighted by atomic mass is 32.2. The minimum absolute atomic E-state index is 0.0277. The Kier molecular flexibility index (Phi) is 9.07. The fourth-order valence-corrected chi connectivity index (χ4v) is 4.36. The molecule has 0 fully saturated rings. The zero-order chi connectivity index (χ0) is 25.5. The number of carbonyl (C=O) groups is 1. The minimum Gasteiger partial charge on any atom is -0.497 e. The van der Waals surface area contributed by atoms with Gasteiger partial charge in [-0.3, -0.25) is 19.2 Å². The van der Waals surface area contributed by atoms with Gasteiger partial charge in [-0.1, -0.05) is 0 Å². The number of benzene rings is 2. The predicted octanol–water partition coefficient (Wildman–Crippen LogP) is 3.04. The van der Waals surface area contributed by atoms with Gasteiger partial charge >= 0.3 is 0 Å². The van der Waals surface area contributed by atoms with Gasteiger partial charge in [-0.05, 0) is 37.6 Å². The standard InChI is InChI=1S/C22H29N3O8S/c1-15(18-14-17(31-2)9-11-20(18)32-3)23-22(26)7-6-12-24(34(5,29)30)19-13-16(25(27)28)8-10-21(19)33-4/h8-11,13-15H,6-7,12H2,1-5H3,(H,23,26)/t15-/m1/s1. The molecule has 0 aliphatic rings. The van der Waals surface area contributed by atoms with E-state index >= 15 is 0 Å². The van der Waals surface area contributed by atoms with E-state index < -0.39 is 14.9 Å². The van der Waals surface area contributed by atoms with Crippen LogP contribution in [-0.2, 0) is 14.8 Å². The molecule has 0 radical (unpaired) electrons. The summed E-state index contributed by atoms with van der Waals surface area (Å²) < 4.78 is 41.6. The number of hydrogen-bond acceptors (Lipinski definition) is 8. The van der Waals surface area contributed by atoms with Gasteiger partial charge in [0.05, 0.1) is 38.6 Å². The number of rotatable bonds is 12. The molecule has 0 bridgehead atoms. The SMILES string of the molecule is COc1ccc(OC)c([C@@H](C)NC(=O)CCCN(c2cc([N+](=O)[O-])ccc2OC)S(C)(=O)=O)c1. The lowest BCUT2D eigenvalue weighted by Gasteiger charge is -2.24. The van der Waals surface area contributed by atoms with Gasteiger partial charge in [0.1, 0.15) is 22.9 Å². The summed E-state index contributed by atoms with van der Waals surface area (Å²) in [5.74, 6) is 1.08. The Morgan fingerprint density at radius 2 is 1.74 bits per heavy atom. The van der Waals surface area contributed by atoms with Crippen molar-refractivity contribution in [3.05, 3.63) is 52.1 Å². The molecule has 1 atom stereocenters. The van der Waals surface area contributed by atoms with Gasteiger partial charge in [0.15, 0.2) is 0 Å². The van der Waals surface area contributed by atoms with Crippen LogP contribution in [0, 0.1) is 10.1 Å². The third-order valence-corrected chi connectivity index (χ3v) is 6.27. The average molecular weight is 496 g/mol. The molecule has 12 heteroatoms. The lowest BCUT2D eigenvalue weighted by molar-refractivity contribution is -0.384. The molecule has 0 heterocycles. The van der Waals surface area contributed by atoms with Gasteiger partial charge in [-0.25, -0.2) is 8.42 Å². The quantitative estimate of drug-likeness (QED) is 0.350. The molecular weight excluding hydrogens is 466 g/mol. The molecule has 0 aliphatic carbocycles. The molecule has 11 nitrogen and oxygen atoms in total. The Labute approximate surface area is 198 Å². The normalized spacial score (nSPS) is 11.9. The van der Waals surface area contributed by atoms with Crippen molar-refractivity contribution in [1.82, 2.24) is 5.32 Å². The van der Waals surface area contributed by atoms with Crippen LogP contribution in [-0.4, -0.2) is 53.4 Å². The Bertz CT molecular complexity index is 1140. The van der Waals surface area contributed by atoms with Gasteiger partial charge in [0, 0.05) is 30.7 Å². The second kappa shape index (κ2) is 11.5. The Morgan fingerprint density at radius 1 is 1.09 bits per heavy atom. The van der Waals surface area contributed by atoms with Crippen LogP contribution < -0.4 is 23.8 Å². The monoisotopic (exact) mass is 495 g/mol. The summed E-state index contributed by atoms with van der Waals surface area (Å²) in [5, 5.41) is 14.0. The first-order valence-corrected chi connectivity index (χ1v) is 12.2. The van der Waals surface area contributed by atoms with Gasteiger partial charge in [0.2, 0.25) is 15.9 Å². The molecule has 2 rings (SSSR count). The van der Waals surface area contributed by atoms with Crippen molar-refractivity contribution >= 4 is 27.3 Å². The zero-order valence-electron chi connectivity index (χ0n) is 19.7. The van der Waals surface area contributed by atoms with Crippen molar-refractivity contribution in [3.63, 3.8) is 0 Å². The lowest BCUT2D eigenvalue weighted by Crippen LogP contribution is -2.33. The summed E-state index contributed by atoms with van der Waals surface area (Å²) in [6, 6.07) is 8.57. The number of nitrogens with one attached hydrogen (secondary N) is 1. The van der Waals surface area contributed by atoms with E-state index in [0.29, 0.717) is 11.5 Å². The lowest BCUT2D eigenvalue weighted by atomic mass is 10.1. The summed E-state index contributed by atoms with van der Waals surface area (Å²) in [4.78, 5) is 23.1. The molecule has 0 saturated carbocycles. The summed E-state index contributed by atoms with van der Waals surface area (Å²) in [7, 11) is 0.605. The van der Waals surface area contributed by atoms with Crippen molar-refractivity contribution in [2.24, 2.45) is 0 Å². The van der Waals surface area contributed by atoms with Crippen LogP contribution in [0.25, 0.3) is 0 Å². The van der Waals surface area contributed by atoms with E-state index in [1.807, 2.05) is 0 Å². The van der Waals surface area contributed by atoms with Crippen molar-refractivity contribution in [3.8, 4) is 17.2 Å². The molecule has 1 N–H and O–H groups in total. The van der Waals surface area contributed by atoms with Crippen molar-refractivity contribution in [2.75, 3.05) is 38.4 Å². The number of anilines is 1. The van der Waals surface area contributed by atoms with Gasteiger partial charge < -0.3 is 19.5 Å². The van der Waals surface area contributed by atoms with Crippen molar-refractivity contribution in [1.29, 1.82) is 0 Å². The highest BCUT2D eigenvalue weighted by molar-refractivity contribution is 7.92. The smallest absolute Gasteiger partial charge is 0.271 e. The van der Waals surface area contributed by atoms with Crippen molar-refractivity contribution < 1.29 is 32.3 Å². The number of ether oxygens (including phenoxy) is 3. The Balaban J connectivity index is 2.12. The van der Waals surface area contributed by atoms with E-state index in [9.17, 15) is 23.3 Å². The maximum Gasteiger partial charge on any atom is 0.271 e. The third-order valence-electron chi connectivity index (χ3n) is 5.09. The molecule has 0 spiro atoms. The van der Waals surface area contributed by atoms with E-state index in [4.69, 9.17) is 14.2 Å². The van der Waals surface area contributed by atoms with E-state index in [-0.39, 0.29) is 48.5 Å². The van der Waals surface area contributed by atoms with Gasteiger partial charge in [-0.2, -0.15) is 0 Å². The molecule has 0 unspecified atom stereocenters. The van der Waals surface area contributed by atoms with Crippen LogP contribution in [0.5, 0.6) is 17.2 Å². The molecule has 1 amide bonds. The maximum absolute atomic E-state index is 12.5. The third kappa shape index (κ3) is 6.73. The second-order valence-electron chi connectivity index (χ2n) is 7.45. The number of carbonyl (C=O) groups excluding carboxylic acids is 1. The molecule has 0 aliphatic heterocycles. The highest BCUT2D eigenvalue weighted by Gasteiger charge is 2.24. The first-order valence-electron chi connectivity index (χ1n) is 10.3. The molecule has 34 heavy (non-hydrogen) atoms. The van der Waals surface area contributed by atoms with Crippen LogP contribution in [0.4, 0.5) is 11.4 Å². The summed E-state index contributed by atoms with van der Waals surface area (Å²) >= 11 is 0. The van der Waals surface area contributed by atoms with E-state index in [1.165, 1.54) is 26.4 Å². The first kappa shape index (κ1) is 26.7. The van der Waals surface area contributed by atoms with Crippen LogP contribution in [0.1, 0.15) is 31.4 Å². The topological polar surface area (TPSA) is 137 Å². The second-order valence-corrected chi connectivity index (χ2v) is 9.36. The number of nitrogens with zero attached hydrogens (tertiary/aromatic N) is 2. The van der Waals surface area contributed by atoms with E-state index in [0.717, 1.165) is 22.2 Å². The fourth-order valence-electron chi connectivity index (χ4n) is 3.40. The van der Waals surface area contributed by atoms with Crippen LogP contribution in [0.3, 0.4) is 0 Å². The van der Waals surface area contributed by atoms with Crippen molar-refractivity contribution in [2.45, 2.75) is 25.8 Å². The first-order chi connectivity index (χ1) is 16.0. The number of amides is 1. The Hall–Kier alpha value is -3.54. The van der Waals surface area contributed by atoms with E-state index in [2.05, 4.69) is 5.32 Å². The average Bonchev–Trinajstić information content (AvgIpc) is 2.80. The highest BCUT2D eigenvalue weighted by Crippen LogP contribution is 2.34. The van der Waals surface area contributed by atoms with Crippen LogP contribution >= 0.6 is 0 Å². The predicted molar refractivity (Wildman–Crippen MR) is 127 cm³/mol. The zero-order valence-corrected chi connectivity index (χ0v) is 20.5. The summed E-state index contributed by atoms with van der Waals surface area (Å²) in [6.45, 7) is 1.73. The van der Waals surface area contributed by atoms with Crippen LogP contribution in [0.2, 0.25) is 0 Å². The number of methoxy groups -OCH3 is 3. The fraction of sp³-hybridized carbons (Fsp3) is 0.409. The molecule has 2 aromatic carbocycles. The molecule has 2 aromatic rings. The summed E-state index contributed by atoms with van der Waals surface area (Å²) in [6.07, 6.45) is 1.19.